The third kappa shape index (κ3) is 1.30. The highest BCUT2D eigenvalue weighted by molar-refractivity contribution is 5.73. The number of anilines is 2. The van der Waals surface area contributed by atoms with Gasteiger partial charge in [-0.1, -0.05) is 6.07 Å². The molecule has 0 bridgehead atoms. The van der Waals surface area contributed by atoms with E-state index in [0.29, 0.717) is 6.54 Å². The number of aryl methyl sites for hydroxylation is 1. The van der Waals surface area contributed by atoms with Crippen molar-refractivity contribution in [2.45, 2.75) is 6.92 Å². The first kappa shape index (κ1) is 7.90. The fourth-order valence-corrected chi connectivity index (χ4v) is 1.37. The van der Waals surface area contributed by atoms with E-state index in [4.69, 9.17) is 5.26 Å². The number of hydrogen-bond acceptors (Lipinski definition) is 4. The summed E-state index contributed by atoms with van der Waals surface area (Å²) in [6, 6.07) is 8.15. The molecule has 0 atom stereocenters. The van der Waals surface area contributed by atoms with Gasteiger partial charge in [0.15, 0.2) is 0 Å². The summed E-state index contributed by atoms with van der Waals surface area (Å²) in [6.45, 7) is 2.37. The van der Waals surface area contributed by atoms with E-state index in [0.717, 1.165) is 11.4 Å². The minimum atomic E-state index is 0.336. The Morgan fingerprint density at radius 1 is 1.54 bits per heavy atom. The molecule has 0 saturated carbocycles. The van der Waals surface area contributed by atoms with Crippen molar-refractivity contribution in [1.82, 2.24) is 5.53 Å². The lowest BCUT2D eigenvalue weighted by Crippen LogP contribution is -2.36. The first-order valence-electron chi connectivity index (χ1n) is 4.08. The van der Waals surface area contributed by atoms with Crippen molar-refractivity contribution in [3.05, 3.63) is 23.8 Å². The number of fused-ring (bicyclic) bond motifs is 1. The second-order valence-electron chi connectivity index (χ2n) is 3.00. The van der Waals surface area contributed by atoms with E-state index in [2.05, 4.69) is 17.0 Å². The molecule has 1 aromatic rings. The maximum absolute atomic E-state index is 8.55. The average molecular weight is 174 g/mol. The minimum Gasteiger partial charge on any atom is -0.302 e. The second-order valence-corrected chi connectivity index (χ2v) is 3.00. The van der Waals surface area contributed by atoms with Crippen LogP contribution in [0.3, 0.4) is 0 Å². The Balaban J connectivity index is 2.34. The van der Waals surface area contributed by atoms with Gasteiger partial charge in [-0.15, -0.1) is 5.53 Å². The number of hydrazine groups is 2. The van der Waals surface area contributed by atoms with Crippen molar-refractivity contribution < 1.29 is 0 Å². The zero-order chi connectivity index (χ0) is 9.26. The minimum absolute atomic E-state index is 0.336. The lowest BCUT2D eigenvalue weighted by Gasteiger charge is -2.12. The van der Waals surface area contributed by atoms with Crippen molar-refractivity contribution in [2.75, 3.05) is 17.0 Å². The smallest absolute Gasteiger partial charge is 0.123 e. The average Bonchev–Trinajstić information content (AvgIpc) is 2.49. The summed E-state index contributed by atoms with van der Waals surface area (Å²) in [6.07, 6.45) is 0. The Bertz CT molecular complexity index is 366. The van der Waals surface area contributed by atoms with Gasteiger partial charge in [0, 0.05) is 0 Å². The molecule has 1 aromatic carbocycles. The van der Waals surface area contributed by atoms with E-state index in [1.54, 1.807) is 5.01 Å². The lowest BCUT2D eigenvalue weighted by molar-refractivity contribution is 0.782. The molecule has 1 aliphatic heterocycles. The Morgan fingerprint density at radius 2 is 2.38 bits per heavy atom. The van der Waals surface area contributed by atoms with Gasteiger partial charge in [-0.05, 0) is 24.6 Å². The maximum atomic E-state index is 8.55. The van der Waals surface area contributed by atoms with Gasteiger partial charge in [0.05, 0.1) is 17.4 Å². The highest BCUT2D eigenvalue weighted by Crippen LogP contribution is 2.28. The summed E-state index contributed by atoms with van der Waals surface area (Å²) in [7, 11) is 0. The van der Waals surface area contributed by atoms with Gasteiger partial charge in [0.2, 0.25) is 0 Å². The van der Waals surface area contributed by atoms with Crippen molar-refractivity contribution in [3.8, 4) is 6.07 Å². The van der Waals surface area contributed by atoms with Gasteiger partial charge in [-0.3, -0.25) is 5.01 Å². The van der Waals surface area contributed by atoms with Crippen LogP contribution in [0.15, 0.2) is 18.2 Å². The van der Waals surface area contributed by atoms with Gasteiger partial charge in [-0.2, -0.15) is 5.26 Å². The number of nitrogens with zero attached hydrogens (tertiary/aromatic N) is 2. The lowest BCUT2D eigenvalue weighted by atomic mass is 10.2. The molecule has 0 radical (unpaired) electrons. The molecule has 4 heteroatoms. The van der Waals surface area contributed by atoms with Crippen LogP contribution >= 0.6 is 0 Å². The Kier molecular flexibility index (Phi) is 1.80. The summed E-state index contributed by atoms with van der Waals surface area (Å²) in [4.78, 5) is 0. The predicted molar refractivity (Wildman–Crippen MR) is 50.9 cm³/mol. The standard InChI is InChI=1S/C9H10N4/c1-7-2-3-9-8(6-7)11-12-13(9)5-4-10/h2-3,6,11-12H,5H2,1H3. The van der Waals surface area contributed by atoms with Crippen LogP contribution in [0.5, 0.6) is 0 Å². The zero-order valence-corrected chi connectivity index (χ0v) is 7.33. The summed E-state index contributed by atoms with van der Waals surface area (Å²) < 4.78 is 0. The van der Waals surface area contributed by atoms with Crippen LogP contribution in [0.25, 0.3) is 0 Å². The summed E-state index contributed by atoms with van der Waals surface area (Å²) in [5.41, 5.74) is 9.16. The van der Waals surface area contributed by atoms with Gasteiger partial charge in [-0.25, -0.2) is 0 Å². The number of hydrogen-bond donors (Lipinski definition) is 2. The van der Waals surface area contributed by atoms with E-state index in [1.807, 2.05) is 25.1 Å². The van der Waals surface area contributed by atoms with E-state index >= 15 is 0 Å². The Labute approximate surface area is 76.7 Å². The van der Waals surface area contributed by atoms with Gasteiger partial charge >= 0.3 is 0 Å². The third-order valence-corrected chi connectivity index (χ3v) is 2.00. The van der Waals surface area contributed by atoms with Gasteiger partial charge in [0.1, 0.15) is 6.54 Å². The van der Waals surface area contributed by atoms with Crippen LogP contribution in [-0.2, 0) is 0 Å². The Morgan fingerprint density at radius 3 is 3.15 bits per heavy atom. The Hall–Kier alpha value is -1.73. The van der Waals surface area contributed by atoms with Crippen molar-refractivity contribution in [3.63, 3.8) is 0 Å². The molecule has 0 fully saturated rings. The molecule has 0 aliphatic carbocycles. The molecule has 0 aromatic heterocycles. The van der Waals surface area contributed by atoms with E-state index in [9.17, 15) is 0 Å². The molecular weight excluding hydrogens is 164 g/mol. The van der Waals surface area contributed by atoms with Crippen LogP contribution in [-0.4, -0.2) is 6.54 Å². The molecule has 4 nitrogen and oxygen atoms in total. The number of nitriles is 1. The molecule has 2 N–H and O–H groups in total. The number of rotatable bonds is 1. The molecular formula is C9H10N4. The monoisotopic (exact) mass is 174 g/mol. The molecule has 0 unspecified atom stereocenters. The van der Waals surface area contributed by atoms with Crippen LogP contribution in [0.1, 0.15) is 5.56 Å². The fourth-order valence-electron chi connectivity index (χ4n) is 1.37. The molecule has 0 saturated heterocycles. The van der Waals surface area contributed by atoms with Gasteiger partial charge < -0.3 is 5.43 Å². The quantitative estimate of drug-likeness (QED) is 0.627. The molecule has 0 amide bonds. The van der Waals surface area contributed by atoms with E-state index < -0.39 is 0 Å². The molecule has 66 valence electrons. The van der Waals surface area contributed by atoms with Crippen molar-refractivity contribution >= 4 is 11.4 Å². The van der Waals surface area contributed by atoms with Crippen molar-refractivity contribution in [2.24, 2.45) is 0 Å². The summed E-state index contributed by atoms with van der Waals surface area (Å²) in [5.74, 6) is 0. The maximum Gasteiger partial charge on any atom is 0.123 e. The molecule has 1 aliphatic rings. The topological polar surface area (TPSA) is 51.1 Å². The number of nitrogens with one attached hydrogen (secondary N) is 2. The fraction of sp³-hybridized carbons (Fsp3) is 0.222. The molecule has 0 spiro atoms. The summed E-state index contributed by atoms with van der Waals surface area (Å²) in [5, 5.41) is 10.3. The predicted octanol–water partition coefficient (Wildman–Crippen LogP) is 1.17. The van der Waals surface area contributed by atoms with E-state index in [1.165, 1.54) is 5.56 Å². The van der Waals surface area contributed by atoms with Crippen LogP contribution < -0.4 is 16.0 Å². The first-order valence-corrected chi connectivity index (χ1v) is 4.08. The molecule has 2 rings (SSSR count). The normalized spacial score (nSPS) is 13.4. The zero-order valence-electron chi connectivity index (χ0n) is 7.33. The van der Waals surface area contributed by atoms with Crippen molar-refractivity contribution in [1.29, 1.82) is 5.26 Å². The van der Waals surface area contributed by atoms with Crippen LogP contribution in [0.4, 0.5) is 11.4 Å². The summed E-state index contributed by atoms with van der Waals surface area (Å²) >= 11 is 0. The highest BCUT2D eigenvalue weighted by Gasteiger charge is 2.16. The largest absolute Gasteiger partial charge is 0.302 e. The van der Waals surface area contributed by atoms with Crippen LogP contribution in [0, 0.1) is 18.3 Å². The van der Waals surface area contributed by atoms with E-state index in [-0.39, 0.29) is 0 Å². The van der Waals surface area contributed by atoms with Crippen LogP contribution in [0.2, 0.25) is 0 Å². The second kappa shape index (κ2) is 2.96. The molecule has 1 heterocycles. The number of benzene rings is 1. The highest BCUT2D eigenvalue weighted by atomic mass is 15.7. The first-order chi connectivity index (χ1) is 6.31. The SMILES string of the molecule is Cc1ccc2c(c1)NNN2CC#N. The molecule has 13 heavy (non-hydrogen) atoms. The third-order valence-electron chi connectivity index (χ3n) is 2.00. The van der Waals surface area contributed by atoms with Gasteiger partial charge in [0.25, 0.3) is 0 Å².